The maximum atomic E-state index is 13.1. The summed E-state index contributed by atoms with van der Waals surface area (Å²) in [4.78, 5) is 51.5. The fraction of sp³-hybridized carbons (Fsp3) is 0.143. The van der Waals surface area contributed by atoms with Crippen molar-refractivity contribution < 1.29 is 23.9 Å². The second kappa shape index (κ2) is 10.7. The van der Waals surface area contributed by atoms with E-state index >= 15 is 0 Å². The van der Waals surface area contributed by atoms with Gasteiger partial charge in [0.2, 0.25) is 0 Å². The van der Waals surface area contributed by atoms with Gasteiger partial charge in [-0.1, -0.05) is 23.7 Å². The van der Waals surface area contributed by atoms with Crippen LogP contribution in [0.25, 0.3) is 0 Å². The number of imide groups is 1. The first-order valence-corrected chi connectivity index (χ1v) is 11.9. The molecular weight excluding hydrogens is 494 g/mol. The van der Waals surface area contributed by atoms with Crippen molar-refractivity contribution in [2.45, 2.75) is 20.8 Å². The minimum atomic E-state index is -0.627. The highest BCUT2D eigenvalue weighted by Crippen LogP contribution is 2.31. The van der Waals surface area contributed by atoms with Gasteiger partial charge in [0.25, 0.3) is 17.7 Å². The molecule has 0 aliphatic carbocycles. The van der Waals surface area contributed by atoms with Crippen LogP contribution in [0.1, 0.15) is 38.8 Å². The average Bonchev–Trinajstić information content (AvgIpc) is 3.09. The first-order chi connectivity index (χ1) is 17.7. The van der Waals surface area contributed by atoms with E-state index in [2.05, 4.69) is 10.6 Å². The van der Waals surface area contributed by atoms with E-state index in [1.807, 2.05) is 19.9 Å². The highest BCUT2D eigenvalue weighted by atomic mass is 35.5. The van der Waals surface area contributed by atoms with Crippen LogP contribution in [0.15, 0.2) is 77.5 Å². The molecule has 3 amide bonds. The highest BCUT2D eigenvalue weighted by Gasteiger charge is 2.39. The largest absolute Gasteiger partial charge is 0.462 e. The van der Waals surface area contributed by atoms with Crippen molar-refractivity contribution in [3.63, 3.8) is 0 Å². The Kier molecular flexibility index (Phi) is 7.40. The van der Waals surface area contributed by atoms with Gasteiger partial charge in [0, 0.05) is 16.9 Å². The molecule has 0 atom stereocenters. The van der Waals surface area contributed by atoms with Crippen LogP contribution in [0, 0.1) is 13.8 Å². The van der Waals surface area contributed by atoms with E-state index in [9.17, 15) is 19.2 Å². The summed E-state index contributed by atoms with van der Waals surface area (Å²) in [6.45, 7) is 5.82. The zero-order valence-corrected chi connectivity index (χ0v) is 21.2. The molecule has 0 saturated carbocycles. The van der Waals surface area contributed by atoms with E-state index in [0.29, 0.717) is 28.2 Å². The molecular formula is C28H24ClN3O5. The van der Waals surface area contributed by atoms with E-state index < -0.39 is 23.7 Å². The lowest BCUT2D eigenvalue weighted by atomic mass is 10.1. The quantitative estimate of drug-likeness (QED) is 0.331. The van der Waals surface area contributed by atoms with E-state index in [4.69, 9.17) is 16.3 Å². The molecule has 3 aromatic rings. The number of hydrogen-bond donors (Lipinski definition) is 2. The standard InChI is InChI=1S/C28H24ClN3O5/c1-4-37-28(36)18-9-11-20(12-10-18)31-25(33)19-6-5-7-21(15-19)30-24-23(29)26(34)32(27(24)35)22-13-8-16(2)17(3)14-22/h5-15,30H,4H2,1-3H3,(H,31,33). The van der Waals surface area contributed by atoms with Crippen LogP contribution in [0.4, 0.5) is 17.1 Å². The Hall–Kier alpha value is -4.43. The molecule has 0 unspecified atom stereocenters. The third-order valence-electron chi connectivity index (χ3n) is 5.82. The van der Waals surface area contributed by atoms with Crippen molar-refractivity contribution in [2.24, 2.45) is 0 Å². The minimum Gasteiger partial charge on any atom is -0.462 e. The number of esters is 1. The fourth-order valence-corrected chi connectivity index (χ4v) is 3.91. The summed E-state index contributed by atoms with van der Waals surface area (Å²) >= 11 is 6.25. The second-order valence-corrected chi connectivity index (χ2v) is 8.74. The molecule has 1 aliphatic rings. The molecule has 0 spiro atoms. The maximum Gasteiger partial charge on any atom is 0.338 e. The van der Waals surface area contributed by atoms with Gasteiger partial charge in [-0.25, -0.2) is 9.69 Å². The monoisotopic (exact) mass is 517 g/mol. The normalized spacial score (nSPS) is 13.1. The van der Waals surface area contributed by atoms with E-state index in [0.717, 1.165) is 16.0 Å². The summed E-state index contributed by atoms with van der Waals surface area (Å²) in [5.74, 6) is -2.06. The van der Waals surface area contributed by atoms with Crippen molar-refractivity contribution in [3.05, 3.63) is 99.7 Å². The van der Waals surface area contributed by atoms with Crippen molar-refractivity contribution in [1.82, 2.24) is 0 Å². The third-order valence-corrected chi connectivity index (χ3v) is 6.17. The number of nitrogens with zero attached hydrogens (tertiary/aromatic N) is 1. The Balaban J connectivity index is 1.48. The van der Waals surface area contributed by atoms with Gasteiger partial charge in [0.05, 0.1) is 17.9 Å². The van der Waals surface area contributed by atoms with Crippen molar-refractivity contribution >= 4 is 52.4 Å². The van der Waals surface area contributed by atoms with Crippen LogP contribution in [0.5, 0.6) is 0 Å². The highest BCUT2D eigenvalue weighted by molar-refractivity contribution is 6.53. The van der Waals surface area contributed by atoms with Crippen LogP contribution in [-0.4, -0.2) is 30.3 Å². The second-order valence-electron chi connectivity index (χ2n) is 8.36. The number of benzene rings is 3. The SMILES string of the molecule is CCOC(=O)c1ccc(NC(=O)c2cccc(NC3=C(Cl)C(=O)N(c4ccc(C)c(C)c4)C3=O)c2)cc1. The Bertz CT molecular complexity index is 1450. The number of nitrogens with one attached hydrogen (secondary N) is 2. The molecule has 0 fully saturated rings. The number of carbonyl (C=O) groups is 4. The van der Waals surface area contributed by atoms with Gasteiger partial charge >= 0.3 is 5.97 Å². The number of carbonyl (C=O) groups excluding carboxylic acids is 4. The van der Waals surface area contributed by atoms with E-state index in [1.54, 1.807) is 61.5 Å². The number of hydrogen-bond acceptors (Lipinski definition) is 6. The molecule has 0 bridgehead atoms. The van der Waals surface area contributed by atoms with Gasteiger partial charge in [0.15, 0.2) is 0 Å². The summed E-state index contributed by atoms with van der Waals surface area (Å²) in [5.41, 5.74) is 3.90. The number of ether oxygens (including phenoxy) is 1. The number of rotatable bonds is 7. The zero-order valence-electron chi connectivity index (χ0n) is 20.4. The fourth-order valence-electron chi connectivity index (χ4n) is 3.70. The smallest absolute Gasteiger partial charge is 0.338 e. The molecule has 0 saturated heterocycles. The Morgan fingerprint density at radius 3 is 2.27 bits per heavy atom. The summed E-state index contributed by atoms with van der Waals surface area (Å²) in [6, 6.07) is 18.0. The van der Waals surface area contributed by atoms with Crippen molar-refractivity contribution in [2.75, 3.05) is 22.1 Å². The van der Waals surface area contributed by atoms with Gasteiger partial charge in [0.1, 0.15) is 10.7 Å². The molecule has 2 N–H and O–H groups in total. The molecule has 4 rings (SSSR count). The van der Waals surface area contributed by atoms with E-state index in [-0.39, 0.29) is 17.3 Å². The summed E-state index contributed by atoms with van der Waals surface area (Å²) < 4.78 is 4.95. The maximum absolute atomic E-state index is 13.1. The third kappa shape index (κ3) is 5.39. The Morgan fingerprint density at radius 2 is 1.59 bits per heavy atom. The molecule has 0 radical (unpaired) electrons. The zero-order chi connectivity index (χ0) is 26.7. The first-order valence-electron chi connectivity index (χ1n) is 11.5. The van der Waals surface area contributed by atoms with Crippen LogP contribution in [0.3, 0.4) is 0 Å². The Morgan fingerprint density at radius 1 is 0.865 bits per heavy atom. The molecule has 9 heteroatoms. The van der Waals surface area contributed by atoms with Crippen LogP contribution in [0.2, 0.25) is 0 Å². The van der Waals surface area contributed by atoms with Crippen LogP contribution in [-0.2, 0) is 14.3 Å². The lowest BCUT2D eigenvalue weighted by Crippen LogP contribution is -2.32. The van der Waals surface area contributed by atoms with E-state index in [1.165, 1.54) is 6.07 Å². The molecule has 8 nitrogen and oxygen atoms in total. The molecule has 1 heterocycles. The molecule has 1 aliphatic heterocycles. The summed E-state index contributed by atoms with van der Waals surface area (Å²) in [5, 5.41) is 5.41. The molecule has 0 aromatic heterocycles. The van der Waals surface area contributed by atoms with Crippen molar-refractivity contribution in [3.8, 4) is 0 Å². The lowest BCUT2D eigenvalue weighted by Gasteiger charge is -2.16. The number of amides is 3. The van der Waals surface area contributed by atoms with Gasteiger partial charge < -0.3 is 15.4 Å². The van der Waals surface area contributed by atoms with Gasteiger partial charge in [-0.3, -0.25) is 14.4 Å². The average molecular weight is 518 g/mol. The molecule has 188 valence electrons. The number of halogens is 1. The number of anilines is 3. The number of aryl methyl sites for hydroxylation is 2. The van der Waals surface area contributed by atoms with Gasteiger partial charge in [-0.15, -0.1) is 0 Å². The van der Waals surface area contributed by atoms with Gasteiger partial charge in [-0.05, 0) is 86.5 Å². The van der Waals surface area contributed by atoms with Crippen molar-refractivity contribution in [1.29, 1.82) is 0 Å². The topological polar surface area (TPSA) is 105 Å². The van der Waals surface area contributed by atoms with Crippen LogP contribution < -0.4 is 15.5 Å². The minimum absolute atomic E-state index is 0.0722. The van der Waals surface area contributed by atoms with Gasteiger partial charge in [-0.2, -0.15) is 0 Å². The molecule has 3 aromatic carbocycles. The lowest BCUT2D eigenvalue weighted by molar-refractivity contribution is -0.120. The molecule has 37 heavy (non-hydrogen) atoms. The Labute approximate surface area is 218 Å². The predicted octanol–water partition coefficient (Wildman–Crippen LogP) is 5.17. The summed E-state index contributed by atoms with van der Waals surface area (Å²) in [7, 11) is 0. The summed E-state index contributed by atoms with van der Waals surface area (Å²) in [6.07, 6.45) is 0. The van der Waals surface area contributed by atoms with Crippen LogP contribution >= 0.6 is 11.6 Å². The first kappa shape index (κ1) is 25.7. The predicted molar refractivity (Wildman–Crippen MR) is 142 cm³/mol.